The van der Waals surface area contributed by atoms with Gasteiger partial charge in [0.2, 0.25) is 0 Å². The van der Waals surface area contributed by atoms with Crippen molar-refractivity contribution in [3.05, 3.63) is 151 Å². The topological polar surface area (TPSA) is 9.72 Å². The van der Waals surface area contributed by atoms with Gasteiger partial charge in [-0.05, 0) is 128 Å². The number of fused-ring (bicyclic) bond motifs is 9. The van der Waals surface area contributed by atoms with E-state index < -0.39 is 18.4 Å². The summed E-state index contributed by atoms with van der Waals surface area (Å²) in [6, 6.07) is 41.5. The monoisotopic (exact) mass is 1120 g/mol. The van der Waals surface area contributed by atoms with Crippen molar-refractivity contribution in [1.82, 2.24) is 0 Å². The van der Waals surface area contributed by atoms with Crippen molar-refractivity contribution in [2.45, 2.75) is 91.9 Å². The van der Waals surface area contributed by atoms with Crippen molar-refractivity contribution in [1.29, 1.82) is 0 Å². The van der Waals surface area contributed by atoms with Gasteiger partial charge in [0.25, 0.3) is 0 Å². The molecule has 0 unspecified atom stereocenters. The summed E-state index contributed by atoms with van der Waals surface area (Å²) in [4.78, 5) is 6.53. The van der Waals surface area contributed by atoms with Crippen molar-refractivity contribution >= 4 is 77.5 Å². The molecule has 0 fully saturated rings. The largest absolute Gasteiger partial charge is 0.378 e. The molecule has 3 aliphatic carbocycles. The second-order valence-electron chi connectivity index (χ2n) is 18.8. The number of rotatable bonds is 13. The third kappa shape index (κ3) is 10.9. The molecule has 0 aromatic heterocycles. The molecule has 0 saturated heterocycles. The van der Waals surface area contributed by atoms with Crippen molar-refractivity contribution in [2.75, 3.05) is 57.0 Å². The number of unbranched alkanes of at least 4 members (excludes halogenated alkanes) is 3. The summed E-state index contributed by atoms with van der Waals surface area (Å²) < 4.78 is 8.98. The minimum atomic E-state index is -2.34. The van der Waals surface area contributed by atoms with Gasteiger partial charge in [0.05, 0.1) is 0 Å². The van der Waals surface area contributed by atoms with Gasteiger partial charge in [0, 0.05) is 47.6 Å². The van der Waals surface area contributed by atoms with Crippen LogP contribution in [0.2, 0.25) is 13.3 Å². The molecule has 330 valence electrons. The van der Waals surface area contributed by atoms with Gasteiger partial charge in [0.15, 0.2) is 0 Å². The van der Waals surface area contributed by atoms with Gasteiger partial charge < -0.3 is 9.80 Å². The van der Waals surface area contributed by atoms with Crippen LogP contribution >= 0.6 is 38.5 Å². The van der Waals surface area contributed by atoms with Crippen molar-refractivity contribution in [3.8, 4) is 33.4 Å². The first kappa shape index (κ1) is 47.7. The number of benzene rings is 6. The molecule has 0 spiro atoms. The standard InChI is InChI=1S/C15H14BrN.C15H14IN.C15H14N.3C4H9.Sn/c2*1-17(2)13-4-6-15-11(9-13)7-10-8-12(16)3-5-14(10)15;1-16(2)13-7-8-15-12(10-13)9-11-5-3-4-6-14(11)15;3*1-3-4-2;/h2*3-6,8-9H,7H2,1-2H3;4-8,10H,9H2,1-2H3;3*1,3-4H2,2H3;/i;16-2;;;;;. The summed E-state index contributed by atoms with van der Waals surface area (Å²) in [6.45, 7) is 7.12. The van der Waals surface area contributed by atoms with Gasteiger partial charge in [0.1, 0.15) is 0 Å². The van der Waals surface area contributed by atoms with Crippen LogP contribution < -0.4 is 18.3 Å². The number of halogens is 2. The molecule has 0 bridgehead atoms. The second-order valence-corrected chi connectivity index (χ2v) is 34.2. The minimum Gasteiger partial charge on any atom is -0.378 e. The zero-order valence-corrected chi connectivity index (χ0v) is 46.1. The zero-order valence-electron chi connectivity index (χ0n) is 39.5. The summed E-state index contributed by atoms with van der Waals surface area (Å²) in [6.07, 6.45) is 11.6. The molecule has 9 rings (SSSR count). The average molecular weight is 1120 g/mol. The van der Waals surface area contributed by atoms with E-state index in [0.29, 0.717) is 0 Å². The Labute approximate surface area is 406 Å². The van der Waals surface area contributed by atoms with Crippen molar-refractivity contribution in [2.24, 2.45) is 0 Å². The van der Waals surface area contributed by atoms with E-state index in [9.17, 15) is 0 Å². The van der Waals surface area contributed by atoms with Crippen LogP contribution in [0, 0.1) is 3.57 Å². The molecule has 0 aliphatic heterocycles. The molecule has 0 radical (unpaired) electrons. The normalized spacial score (nSPS) is 12.4. The number of hydrogen-bond acceptors (Lipinski definition) is 3. The zero-order chi connectivity index (χ0) is 44.8. The fourth-order valence-electron chi connectivity index (χ4n) is 10.0. The van der Waals surface area contributed by atoms with E-state index in [4.69, 9.17) is 0 Å². The molecule has 0 N–H and O–H groups in total. The van der Waals surface area contributed by atoms with E-state index in [1.807, 2.05) is 3.58 Å². The van der Waals surface area contributed by atoms with E-state index in [1.54, 1.807) is 18.9 Å². The molecule has 0 atom stereocenters. The quantitative estimate of drug-likeness (QED) is 0.0841. The van der Waals surface area contributed by atoms with Crippen LogP contribution in [0.25, 0.3) is 33.4 Å². The van der Waals surface area contributed by atoms with Gasteiger partial charge in [-0.2, -0.15) is 0 Å². The van der Waals surface area contributed by atoms with Crippen LogP contribution in [-0.4, -0.2) is 60.7 Å². The molecule has 6 heteroatoms. The first-order valence-corrected chi connectivity index (χ1v) is 32.8. The first-order chi connectivity index (χ1) is 30.3. The van der Waals surface area contributed by atoms with Crippen LogP contribution in [0.5, 0.6) is 0 Å². The van der Waals surface area contributed by atoms with Gasteiger partial charge in [-0.15, -0.1) is 0 Å². The maximum absolute atomic E-state index is 3.54. The van der Waals surface area contributed by atoms with Crippen molar-refractivity contribution in [3.63, 3.8) is 0 Å². The molecular weight excluding hydrogens is 1050 g/mol. The molecule has 63 heavy (non-hydrogen) atoms. The molecule has 0 saturated carbocycles. The van der Waals surface area contributed by atoms with E-state index in [2.05, 4.69) is 225 Å². The van der Waals surface area contributed by atoms with Gasteiger partial charge >= 0.3 is 184 Å². The maximum Gasteiger partial charge on any atom is 0.0364 e. The molecule has 6 aromatic carbocycles. The van der Waals surface area contributed by atoms with Crippen LogP contribution in [0.4, 0.5) is 17.1 Å². The Hall–Kier alpha value is -3.27. The van der Waals surface area contributed by atoms with E-state index >= 15 is 0 Å². The Balaban J connectivity index is 0.000000150. The van der Waals surface area contributed by atoms with Gasteiger partial charge in [-0.3, -0.25) is 0 Å². The van der Waals surface area contributed by atoms with Crippen molar-refractivity contribution < 1.29 is 0 Å². The van der Waals surface area contributed by atoms with E-state index in [0.717, 1.165) is 23.7 Å². The predicted octanol–water partition coefficient (Wildman–Crippen LogP) is 15.4. The SMILES string of the molecule is CCC[CH2][Sn]([CH2]CCC)([CH2]CCC)[c]1ccc2c(c1)Cc1cc(N(C)C)ccc1-2.CN(C)c1ccc2c(c1)Cc1cc(Br)ccc1-2.CN(C)c1ccc2c(c1)Cc1cc([125I])ccc1-2. The fraction of sp³-hybridized carbons (Fsp3) is 0.368. The molecule has 6 aromatic rings. The summed E-state index contributed by atoms with van der Waals surface area (Å²) in [5.41, 5.74) is 21.3. The Morgan fingerprint density at radius 3 is 1.16 bits per heavy atom. The molecule has 3 aliphatic rings. The Bertz CT molecular complexity index is 2410. The molecular formula is C57H69BrIN3Sn. The predicted molar refractivity (Wildman–Crippen MR) is 292 cm³/mol. The second kappa shape index (κ2) is 21.4. The average Bonchev–Trinajstić information content (AvgIpc) is 3.95. The van der Waals surface area contributed by atoms with Crippen LogP contribution in [0.15, 0.2) is 114 Å². The Kier molecular flexibility index (Phi) is 16.2. The fourth-order valence-corrected chi connectivity index (χ4v) is 27.1. The third-order valence-corrected chi connectivity index (χ3v) is 30.5. The Morgan fingerprint density at radius 1 is 0.429 bits per heavy atom. The first-order valence-electron chi connectivity index (χ1n) is 23.5. The Morgan fingerprint density at radius 2 is 0.762 bits per heavy atom. The summed E-state index contributed by atoms with van der Waals surface area (Å²) in [7, 11) is 12.6. The molecule has 3 nitrogen and oxygen atoms in total. The van der Waals surface area contributed by atoms with Gasteiger partial charge in [-0.1, -0.05) is 40.2 Å². The summed E-state index contributed by atoms with van der Waals surface area (Å²) in [5.74, 6) is 0. The van der Waals surface area contributed by atoms with Crippen LogP contribution in [-0.2, 0) is 19.3 Å². The number of hydrogen-bond donors (Lipinski definition) is 0. The van der Waals surface area contributed by atoms with Crippen LogP contribution in [0.1, 0.15) is 92.7 Å². The minimum absolute atomic E-state index is 1.05. The van der Waals surface area contributed by atoms with Crippen LogP contribution in [0.3, 0.4) is 0 Å². The maximum atomic E-state index is 3.54. The number of anilines is 3. The summed E-state index contributed by atoms with van der Waals surface area (Å²) >= 11 is 3.58. The number of nitrogens with zero attached hydrogens (tertiary/aromatic N) is 3. The molecule has 0 heterocycles. The van der Waals surface area contributed by atoms with E-state index in [-0.39, 0.29) is 0 Å². The third-order valence-electron chi connectivity index (χ3n) is 13.7. The van der Waals surface area contributed by atoms with Gasteiger partial charge in [-0.25, -0.2) is 0 Å². The summed E-state index contributed by atoms with van der Waals surface area (Å²) in [5, 5.41) is 0. The molecule has 0 amide bonds. The van der Waals surface area contributed by atoms with E-state index in [1.165, 1.54) is 120 Å². The smallest absolute Gasteiger partial charge is 0.0364 e.